The molecule has 0 bridgehead atoms. The third kappa shape index (κ3) is 2.07. The predicted octanol–water partition coefficient (Wildman–Crippen LogP) is 4.64. The Morgan fingerprint density at radius 3 is 2.31 bits per heavy atom. The summed E-state index contributed by atoms with van der Waals surface area (Å²) in [7, 11) is 0. The second-order valence-electron chi connectivity index (χ2n) is 5.16. The molecular formula is C16H22. The Morgan fingerprint density at radius 2 is 1.88 bits per heavy atom. The lowest BCUT2D eigenvalue weighted by atomic mass is 9.89. The third-order valence-electron chi connectivity index (χ3n) is 3.89. The fraction of sp³-hybridized carbons (Fsp3) is 0.500. The number of rotatable bonds is 5. The molecule has 0 radical (unpaired) electrons. The number of benzene rings is 1. The van der Waals surface area contributed by atoms with Gasteiger partial charge in [-0.2, -0.15) is 0 Å². The van der Waals surface area contributed by atoms with Gasteiger partial charge in [0.15, 0.2) is 0 Å². The molecule has 86 valence electrons. The first-order valence-electron chi connectivity index (χ1n) is 6.44. The summed E-state index contributed by atoms with van der Waals surface area (Å²) in [5.74, 6) is 0. The summed E-state index contributed by atoms with van der Waals surface area (Å²) in [4.78, 5) is 0. The van der Waals surface area contributed by atoms with Crippen molar-refractivity contribution in [2.45, 2.75) is 51.4 Å². The summed E-state index contributed by atoms with van der Waals surface area (Å²) in [6, 6.07) is 9.22. The number of allylic oxidation sites excluding steroid dienone is 1. The smallest absolute Gasteiger partial charge is 0.0157 e. The van der Waals surface area contributed by atoms with Crippen LogP contribution in [0.2, 0.25) is 0 Å². The molecule has 16 heavy (non-hydrogen) atoms. The van der Waals surface area contributed by atoms with Crippen LogP contribution in [0, 0.1) is 0 Å². The van der Waals surface area contributed by atoms with E-state index in [0.717, 1.165) is 0 Å². The third-order valence-corrected chi connectivity index (χ3v) is 3.89. The van der Waals surface area contributed by atoms with Crippen molar-refractivity contribution in [2.24, 2.45) is 0 Å². The molecule has 1 aliphatic rings. The topological polar surface area (TPSA) is 0 Å². The quantitative estimate of drug-likeness (QED) is 0.626. The van der Waals surface area contributed by atoms with E-state index in [4.69, 9.17) is 0 Å². The fourth-order valence-corrected chi connectivity index (χ4v) is 2.46. The van der Waals surface area contributed by atoms with Crippen LogP contribution in [0.25, 0.3) is 0 Å². The van der Waals surface area contributed by atoms with Crippen LogP contribution in [0.3, 0.4) is 0 Å². The first-order valence-corrected chi connectivity index (χ1v) is 6.44. The highest BCUT2D eigenvalue weighted by Gasteiger charge is 2.44. The molecule has 1 fully saturated rings. The molecule has 0 N–H and O–H groups in total. The van der Waals surface area contributed by atoms with Crippen LogP contribution in [0.1, 0.15) is 50.7 Å². The van der Waals surface area contributed by atoms with Crippen LogP contribution in [0.15, 0.2) is 36.4 Å². The summed E-state index contributed by atoms with van der Waals surface area (Å²) < 4.78 is 0. The van der Waals surface area contributed by atoms with Crippen LogP contribution in [-0.2, 0) is 11.8 Å². The molecule has 0 amide bonds. The van der Waals surface area contributed by atoms with E-state index in [1.807, 2.05) is 0 Å². The fourth-order valence-electron chi connectivity index (χ4n) is 2.46. The zero-order valence-corrected chi connectivity index (χ0v) is 10.6. The van der Waals surface area contributed by atoms with Crippen LogP contribution < -0.4 is 0 Å². The van der Waals surface area contributed by atoms with E-state index in [1.54, 1.807) is 0 Å². The minimum atomic E-state index is 0.337. The number of hydrogen-bond acceptors (Lipinski definition) is 0. The average Bonchev–Trinajstić information content (AvgIpc) is 3.08. The lowest BCUT2D eigenvalue weighted by molar-refractivity contribution is 0.790. The molecule has 1 aromatic rings. The van der Waals surface area contributed by atoms with Crippen LogP contribution in [0.5, 0.6) is 0 Å². The van der Waals surface area contributed by atoms with Crippen LogP contribution in [0.4, 0.5) is 0 Å². The average molecular weight is 214 g/mol. The summed E-state index contributed by atoms with van der Waals surface area (Å²) >= 11 is 0. The molecule has 0 atom stereocenters. The van der Waals surface area contributed by atoms with Crippen LogP contribution >= 0.6 is 0 Å². The van der Waals surface area contributed by atoms with Gasteiger partial charge in [-0.1, -0.05) is 49.8 Å². The van der Waals surface area contributed by atoms with Crippen molar-refractivity contribution in [1.29, 1.82) is 0 Å². The largest absolute Gasteiger partial charge is 0.0992 e. The van der Waals surface area contributed by atoms with Crippen molar-refractivity contribution in [1.82, 2.24) is 0 Å². The molecule has 1 aromatic carbocycles. The van der Waals surface area contributed by atoms with Gasteiger partial charge in [0, 0.05) is 5.41 Å². The number of hydrogen-bond donors (Lipinski definition) is 0. The molecule has 0 unspecified atom stereocenters. The molecular weight excluding hydrogens is 192 g/mol. The highest BCUT2D eigenvalue weighted by molar-refractivity contribution is 5.41. The standard InChI is InChI=1S/C16H22/c1-4-5-6-14-7-9-15(10-8-14)16(11-12-16)13(2)3/h7-10H,2,4-6,11-12H2,1,3H3. The maximum atomic E-state index is 4.14. The molecule has 0 heterocycles. The summed E-state index contributed by atoms with van der Waals surface area (Å²) in [5.41, 5.74) is 4.61. The van der Waals surface area contributed by atoms with E-state index in [-0.39, 0.29) is 0 Å². The maximum absolute atomic E-state index is 4.14. The van der Waals surface area contributed by atoms with Gasteiger partial charge in [-0.25, -0.2) is 0 Å². The molecule has 1 aliphatic carbocycles. The Hall–Kier alpha value is -1.04. The van der Waals surface area contributed by atoms with Crippen LogP contribution in [-0.4, -0.2) is 0 Å². The van der Waals surface area contributed by atoms with E-state index in [2.05, 4.69) is 44.7 Å². The van der Waals surface area contributed by atoms with Gasteiger partial charge in [0.25, 0.3) is 0 Å². The van der Waals surface area contributed by atoms with Gasteiger partial charge in [-0.05, 0) is 43.7 Å². The van der Waals surface area contributed by atoms with Gasteiger partial charge in [-0.3, -0.25) is 0 Å². The van der Waals surface area contributed by atoms with Crippen molar-refractivity contribution in [2.75, 3.05) is 0 Å². The first kappa shape index (κ1) is 11.4. The Kier molecular flexibility index (Phi) is 3.18. The van der Waals surface area contributed by atoms with Crippen molar-refractivity contribution >= 4 is 0 Å². The monoisotopic (exact) mass is 214 g/mol. The lowest BCUT2D eigenvalue weighted by Gasteiger charge is -2.16. The Morgan fingerprint density at radius 1 is 1.25 bits per heavy atom. The van der Waals surface area contributed by atoms with E-state index < -0.39 is 0 Å². The van der Waals surface area contributed by atoms with Crippen molar-refractivity contribution in [3.05, 3.63) is 47.5 Å². The minimum absolute atomic E-state index is 0.337. The molecule has 0 nitrogen and oxygen atoms in total. The summed E-state index contributed by atoms with van der Waals surface area (Å²) in [6.45, 7) is 8.55. The van der Waals surface area contributed by atoms with Gasteiger partial charge in [0.2, 0.25) is 0 Å². The molecule has 1 saturated carbocycles. The van der Waals surface area contributed by atoms with Gasteiger partial charge >= 0.3 is 0 Å². The molecule has 2 rings (SSSR count). The highest BCUT2D eigenvalue weighted by atomic mass is 14.5. The van der Waals surface area contributed by atoms with Gasteiger partial charge in [0.1, 0.15) is 0 Å². The number of unbranched alkanes of at least 4 members (excludes halogenated alkanes) is 1. The zero-order valence-electron chi connectivity index (χ0n) is 10.6. The summed E-state index contributed by atoms with van der Waals surface area (Å²) in [6.07, 6.45) is 6.37. The van der Waals surface area contributed by atoms with Gasteiger partial charge in [0.05, 0.1) is 0 Å². The molecule has 0 heteroatoms. The second-order valence-corrected chi connectivity index (χ2v) is 5.16. The Labute approximate surface area is 99.4 Å². The van der Waals surface area contributed by atoms with Crippen molar-refractivity contribution in [3.63, 3.8) is 0 Å². The normalized spacial score (nSPS) is 17.1. The zero-order chi connectivity index (χ0) is 11.6. The van der Waals surface area contributed by atoms with Crippen molar-refractivity contribution < 1.29 is 0 Å². The SMILES string of the molecule is C=C(C)C1(c2ccc(CCCC)cc2)CC1. The van der Waals surface area contributed by atoms with E-state index >= 15 is 0 Å². The molecule has 0 aromatic heterocycles. The second kappa shape index (κ2) is 4.45. The Balaban J connectivity index is 2.11. The van der Waals surface area contributed by atoms with Crippen molar-refractivity contribution in [3.8, 4) is 0 Å². The highest BCUT2D eigenvalue weighted by Crippen LogP contribution is 2.53. The molecule has 0 spiro atoms. The van der Waals surface area contributed by atoms with Gasteiger partial charge < -0.3 is 0 Å². The van der Waals surface area contributed by atoms with Gasteiger partial charge in [-0.15, -0.1) is 0 Å². The van der Waals surface area contributed by atoms with E-state index in [1.165, 1.54) is 48.8 Å². The maximum Gasteiger partial charge on any atom is 0.0157 e. The molecule has 0 saturated heterocycles. The predicted molar refractivity (Wildman–Crippen MR) is 70.8 cm³/mol. The Bertz CT molecular complexity index is 366. The lowest BCUT2D eigenvalue weighted by Crippen LogP contribution is -2.07. The minimum Gasteiger partial charge on any atom is -0.0992 e. The number of aryl methyl sites for hydroxylation is 1. The first-order chi connectivity index (χ1) is 7.69. The summed E-state index contributed by atoms with van der Waals surface area (Å²) in [5, 5.41) is 0. The van der Waals surface area contributed by atoms with E-state index in [0.29, 0.717) is 5.41 Å². The van der Waals surface area contributed by atoms with E-state index in [9.17, 15) is 0 Å². The molecule has 0 aliphatic heterocycles.